The van der Waals surface area contributed by atoms with Gasteiger partial charge in [0.25, 0.3) is 5.91 Å². The highest BCUT2D eigenvalue weighted by Crippen LogP contribution is 2.39. The van der Waals surface area contributed by atoms with E-state index in [2.05, 4.69) is 22.9 Å². The molecule has 2 nitrogen and oxygen atoms in total. The molecule has 1 amide bonds. The van der Waals surface area contributed by atoms with Crippen molar-refractivity contribution in [3.05, 3.63) is 34.1 Å². The Hall–Kier alpha value is -0.900. The number of amides is 1. The second kappa shape index (κ2) is 6.07. The summed E-state index contributed by atoms with van der Waals surface area (Å²) < 4.78 is 14.6. The molecule has 1 aromatic rings. The first kappa shape index (κ1) is 15.0. The van der Waals surface area contributed by atoms with Crippen molar-refractivity contribution in [2.24, 2.45) is 11.8 Å². The first-order valence-electron chi connectivity index (χ1n) is 7.84. The number of rotatable bonds is 1. The SMILES string of the molecule is CC1CCN(C(=O)c2c(F)cccc2Br)C2CCCCC12. The molecule has 0 spiro atoms. The van der Waals surface area contributed by atoms with Crippen LogP contribution in [0.1, 0.15) is 49.4 Å². The van der Waals surface area contributed by atoms with Crippen LogP contribution >= 0.6 is 15.9 Å². The summed E-state index contributed by atoms with van der Waals surface area (Å²) >= 11 is 3.33. The lowest BCUT2D eigenvalue weighted by molar-refractivity contribution is 0.0213. The highest BCUT2D eigenvalue weighted by atomic mass is 79.9. The van der Waals surface area contributed by atoms with Gasteiger partial charge in [-0.25, -0.2) is 4.39 Å². The first-order chi connectivity index (χ1) is 10.1. The fourth-order valence-corrected chi connectivity index (χ4v) is 4.52. The van der Waals surface area contributed by atoms with E-state index in [1.807, 2.05) is 4.90 Å². The van der Waals surface area contributed by atoms with Crippen molar-refractivity contribution in [3.8, 4) is 0 Å². The van der Waals surface area contributed by atoms with Crippen molar-refractivity contribution >= 4 is 21.8 Å². The highest BCUT2D eigenvalue weighted by molar-refractivity contribution is 9.10. The van der Waals surface area contributed by atoms with Crippen molar-refractivity contribution in [3.63, 3.8) is 0 Å². The van der Waals surface area contributed by atoms with Crippen molar-refractivity contribution in [1.82, 2.24) is 4.90 Å². The van der Waals surface area contributed by atoms with Crippen LogP contribution in [0, 0.1) is 17.7 Å². The number of hydrogen-bond donors (Lipinski definition) is 0. The van der Waals surface area contributed by atoms with Crippen LogP contribution in [0.2, 0.25) is 0 Å². The minimum atomic E-state index is -0.430. The summed E-state index contributed by atoms with van der Waals surface area (Å²) in [5, 5.41) is 0. The molecule has 1 heterocycles. The first-order valence-corrected chi connectivity index (χ1v) is 8.64. The minimum Gasteiger partial charge on any atom is -0.335 e. The smallest absolute Gasteiger partial charge is 0.258 e. The van der Waals surface area contributed by atoms with E-state index in [9.17, 15) is 9.18 Å². The zero-order valence-electron chi connectivity index (χ0n) is 12.3. The van der Waals surface area contributed by atoms with E-state index >= 15 is 0 Å². The lowest BCUT2D eigenvalue weighted by atomic mass is 9.72. The summed E-state index contributed by atoms with van der Waals surface area (Å²) in [5.41, 5.74) is 0.191. The largest absolute Gasteiger partial charge is 0.335 e. The second-order valence-corrected chi connectivity index (χ2v) is 7.23. The van der Waals surface area contributed by atoms with Crippen LogP contribution < -0.4 is 0 Å². The molecular formula is C17H21BrFNO. The van der Waals surface area contributed by atoms with Gasteiger partial charge in [-0.3, -0.25) is 4.79 Å². The molecule has 1 aliphatic carbocycles. The maximum atomic E-state index is 14.1. The third-order valence-electron chi connectivity index (χ3n) is 5.18. The lowest BCUT2D eigenvalue weighted by Gasteiger charge is -2.47. The van der Waals surface area contributed by atoms with Crippen molar-refractivity contribution in [1.29, 1.82) is 0 Å². The molecule has 3 rings (SSSR count). The highest BCUT2D eigenvalue weighted by Gasteiger charge is 2.40. The predicted octanol–water partition coefficient (Wildman–Crippen LogP) is 4.63. The average molecular weight is 354 g/mol. The molecule has 1 aromatic carbocycles. The summed E-state index contributed by atoms with van der Waals surface area (Å²) in [4.78, 5) is 14.8. The number of halogens is 2. The molecule has 1 saturated carbocycles. The summed E-state index contributed by atoms with van der Waals surface area (Å²) in [6.45, 7) is 3.05. The molecule has 3 unspecified atom stereocenters. The molecule has 4 heteroatoms. The van der Waals surface area contributed by atoms with Crippen LogP contribution in [-0.2, 0) is 0 Å². The summed E-state index contributed by atoms with van der Waals surface area (Å²) in [7, 11) is 0. The topological polar surface area (TPSA) is 20.3 Å². The quantitative estimate of drug-likeness (QED) is 0.720. The lowest BCUT2D eigenvalue weighted by Crippen LogP contribution is -2.52. The monoisotopic (exact) mass is 353 g/mol. The Morgan fingerprint density at radius 3 is 2.81 bits per heavy atom. The molecule has 2 aliphatic rings. The molecule has 114 valence electrons. The Morgan fingerprint density at radius 1 is 1.29 bits per heavy atom. The van der Waals surface area contributed by atoms with Crippen LogP contribution in [0.15, 0.2) is 22.7 Å². The van der Waals surface area contributed by atoms with Crippen LogP contribution in [0.4, 0.5) is 4.39 Å². The van der Waals surface area contributed by atoms with Crippen LogP contribution in [-0.4, -0.2) is 23.4 Å². The summed E-state index contributed by atoms with van der Waals surface area (Å²) in [5.74, 6) is 0.676. The summed E-state index contributed by atoms with van der Waals surface area (Å²) in [6, 6.07) is 5.02. The van der Waals surface area contributed by atoms with Gasteiger partial charge in [0.15, 0.2) is 0 Å². The second-order valence-electron chi connectivity index (χ2n) is 6.38. The Kier molecular flexibility index (Phi) is 4.34. The molecule has 0 bridgehead atoms. The van der Waals surface area contributed by atoms with E-state index in [1.165, 1.54) is 25.3 Å². The minimum absolute atomic E-state index is 0.149. The molecule has 0 N–H and O–H groups in total. The number of piperidine rings is 1. The van der Waals surface area contributed by atoms with Gasteiger partial charge in [0, 0.05) is 17.1 Å². The number of carbonyl (C=O) groups is 1. The van der Waals surface area contributed by atoms with E-state index < -0.39 is 5.82 Å². The molecule has 0 aromatic heterocycles. The zero-order valence-corrected chi connectivity index (χ0v) is 13.9. The van der Waals surface area contributed by atoms with Gasteiger partial charge in [-0.1, -0.05) is 25.8 Å². The van der Waals surface area contributed by atoms with Crippen LogP contribution in [0.25, 0.3) is 0 Å². The Bertz CT molecular complexity index is 527. The Morgan fingerprint density at radius 2 is 2.05 bits per heavy atom. The predicted molar refractivity (Wildman–Crippen MR) is 84.7 cm³/mol. The molecule has 21 heavy (non-hydrogen) atoms. The van der Waals surface area contributed by atoms with Crippen molar-refractivity contribution in [2.45, 2.75) is 45.1 Å². The molecule has 3 atom stereocenters. The molecule has 1 saturated heterocycles. The van der Waals surface area contributed by atoms with Gasteiger partial charge >= 0.3 is 0 Å². The normalized spacial score (nSPS) is 29.1. The van der Waals surface area contributed by atoms with Gasteiger partial charge in [-0.2, -0.15) is 0 Å². The Labute approximate surface area is 133 Å². The standard InChI is InChI=1S/C17H21BrFNO/c1-11-9-10-20(15-8-3-2-5-12(11)15)17(21)16-13(18)6-4-7-14(16)19/h4,6-7,11-12,15H,2-3,5,8-10H2,1H3. The van der Waals surface area contributed by atoms with Crippen molar-refractivity contribution < 1.29 is 9.18 Å². The van der Waals surface area contributed by atoms with E-state index in [0.29, 0.717) is 22.4 Å². The van der Waals surface area contributed by atoms with Gasteiger partial charge in [0.2, 0.25) is 0 Å². The maximum absolute atomic E-state index is 14.1. The number of benzene rings is 1. The molecule has 0 radical (unpaired) electrons. The van der Waals surface area contributed by atoms with Gasteiger partial charge < -0.3 is 4.90 Å². The van der Waals surface area contributed by atoms with Crippen LogP contribution in [0.3, 0.4) is 0 Å². The number of carbonyl (C=O) groups excluding carboxylic acids is 1. The number of likely N-dealkylation sites (tertiary alicyclic amines) is 1. The van der Waals surface area contributed by atoms with Crippen LogP contribution in [0.5, 0.6) is 0 Å². The van der Waals surface area contributed by atoms with Gasteiger partial charge in [0.1, 0.15) is 5.82 Å². The van der Waals surface area contributed by atoms with Crippen molar-refractivity contribution in [2.75, 3.05) is 6.54 Å². The maximum Gasteiger partial charge on any atom is 0.258 e. The molecule has 1 aliphatic heterocycles. The third kappa shape index (κ3) is 2.75. The van der Waals surface area contributed by atoms with E-state index in [0.717, 1.165) is 19.4 Å². The molecular weight excluding hydrogens is 333 g/mol. The number of nitrogens with zero attached hydrogens (tertiary/aromatic N) is 1. The summed E-state index contributed by atoms with van der Waals surface area (Å²) in [6.07, 6.45) is 5.73. The van der Waals surface area contributed by atoms with Gasteiger partial charge in [0.05, 0.1) is 5.56 Å². The van der Waals surface area contributed by atoms with Gasteiger partial charge in [-0.05, 0) is 59.2 Å². The third-order valence-corrected chi connectivity index (χ3v) is 5.84. The fourth-order valence-electron chi connectivity index (χ4n) is 4.01. The van der Waals surface area contributed by atoms with E-state index in [4.69, 9.17) is 0 Å². The zero-order chi connectivity index (χ0) is 15.0. The number of fused-ring (bicyclic) bond motifs is 1. The molecule has 2 fully saturated rings. The number of hydrogen-bond acceptors (Lipinski definition) is 1. The van der Waals surface area contributed by atoms with E-state index in [1.54, 1.807) is 12.1 Å². The van der Waals surface area contributed by atoms with E-state index in [-0.39, 0.29) is 11.5 Å². The Balaban J connectivity index is 1.90. The van der Waals surface area contributed by atoms with Gasteiger partial charge in [-0.15, -0.1) is 0 Å². The average Bonchev–Trinajstić information content (AvgIpc) is 2.47. The fraction of sp³-hybridized carbons (Fsp3) is 0.588.